The first-order chi connectivity index (χ1) is 15.9. The summed E-state index contributed by atoms with van der Waals surface area (Å²) in [4.78, 5) is 9.58. The summed E-state index contributed by atoms with van der Waals surface area (Å²) in [6.45, 7) is 0. The number of rotatable bonds is 0. The molecule has 1 aliphatic carbocycles. The first-order valence-electron chi connectivity index (χ1n) is 10.9. The lowest BCUT2D eigenvalue weighted by Crippen LogP contribution is -1.89. The van der Waals surface area contributed by atoms with Gasteiger partial charge < -0.3 is 0 Å². The second kappa shape index (κ2) is 5.68. The number of hydrogen-bond donors (Lipinski definition) is 0. The zero-order valence-corrected chi connectivity index (χ0v) is 17.1. The van der Waals surface area contributed by atoms with Crippen LogP contribution < -0.4 is 0 Å². The molecule has 146 valence electrons. The van der Waals surface area contributed by atoms with Crippen LogP contribution in [0.3, 0.4) is 0 Å². The van der Waals surface area contributed by atoms with Gasteiger partial charge in [0.2, 0.25) is 0 Å². The summed E-state index contributed by atoms with van der Waals surface area (Å²) in [7, 11) is 0. The van der Waals surface area contributed by atoms with Crippen LogP contribution in [0.15, 0.2) is 97.3 Å². The Labute approximate surface area is 183 Å². The van der Waals surface area contributed by atoms with Crippen LogP contribution in [-0.4, -0.2) is 9.97 Å². The van der Waals surface area contributed by atoms with Gasteiger partial charge in [-0.2, -0.15) is 0 Å². The smallest absolute Gasteiger partial charge is 0.0786 e. The normalized spacial score (nSPS) is 12.4. The van der Waals surface area contributed by atoms with Gasteiger partial charge >= 0.3 is 0 Å². The number of aromatic nitrogens is 2. The predicted molar refractivity (Wildman–Crippen MR) is 134 cm³/mol. The van der Waals surface area contributed by atoms with Crippen molar-refractivity contribution in [2.24, 2.45) is 0 Å². The zero-order chi connectivity index (χ0) is 20.8. The predicted octanol–water partition coefficient (Wildman–Crippen LogP) is 7.89. The highest BCUT2D eigenvalue weighted by Gasteiger charge is 2.28. The van der Waals surface area contributed by atoms with Gasteiger partial charge in [-0.3, -0.25) is 9.97 Å². The van der Waals surface area contributed by atoms with Crippen molar-refractivity contribution in [2.45, 2.75) is 0 Å². The molecule has 5 aromatic carbocycles. The van der Waals surface area contributed by atoms with Crippen molar-refractivity contribution in [1.29, 1.82) is 0 Å². The van der Waals surface area contributed by atoms with E-state index in [4.69, 9.17) is 9.97 Å². The molecule has 0 atom stereocenters. The molecule has 0 radical (unpaired) electrons. The average molecular weight is 404 g/mol. The molecular weight excluding hydrogens is 388 g/mol. The summed E-state index contributed by atoms with van der Waals surface area (Å²) < 4.78 is 0. The summed E-state index contributed by atoms with van der Waals surface area (Å²) in [5, 5.41) is 10.0. The van der Waals surface area contributed by atoms with Gasteiger partial charge in [-0.1, -0.05) is 66.7 Å². The zero-order valence-electron chi connectivity index (χ0n) is 17.1. The van der Waals surface area contributed by atoms with E-state index in [9.17, 15) is 0 Å². The summed E-state index contributed by atoms with van der Waals surface area (Å²) in [5.74, 6) is 0. The Bertz CT molecular complexity index is 1930. The van der Waals surface area contributed by atoms with Crippen molar-refractivity contribution in [2.75, 3.05) is 0 Å². The molecule has 0 saturated carbocycles. The highest BCUT2D eigenvalue weighted by Crippen LogP contribution is 2.55. The fourth-order valence-corrected chi connectivity index (χ4v) is 5.81. The molecule has 2 heteroatoms. The molecule has 32 heavy (non-hydrogen) atoms. The van der Waals surface area contributed by atoms with E-state index in [1.54, 1.807) is 0 Å². The van der Waals surface area contributed by atoms with Crippen molar-refractivity contribution in [1.82, 2.24) is 9.97 Å². The van der Waals surface area contributed by atoms with Gasteiger partial charge in [0.05, 0.1) is 11.0 Å². The van der Waals surface area contributed by atoms with Gasteiger partial charge in [-0.15, -0.1) is 0 Å². The lowest BCUT2D eigenvalue weighted by atomic mass is 9.89. The molecule has 0 unspecified atom stereocenters. The second-order valence-electron chi connectivity index (χ2n) is 8.58. The molecule has 0 amide bonds. The van der Waals surface area contributed by atoms with Crippen molar-refractivity contribution >= 4 is 54.1 Å². The van der Waals surface area contributed by atoms with E-state index in [1.165, 1.54) is 65.3 Å². The number of nitrogens with zero attached hydrogens (tertiary/aromatic N) is 2. The Morgan fingerprint density at radius 2 is 1.25 bits per heavy atom. The third-order valence-electron chi connectivity index (χ3n) is 7.04. The van der Waals surface area contributed by atoms with E-state index in [1.807, 2.05) is 24.5 Å². The van der Waals surface area contributed by atoms with Gasteiger partial charge in [-0.05, 0) is 61.8 Å². The highest BCUT2D eigenvalue weighted by atomic mass is 14.7. The minimum absolute atomic E-state index is 1.04. The van der Waals surface area contributed by atoms with E-state index in [-0.39, 0.29) is 0 Å². The van der Waals surface area contributed by atoms with E-state index in [2.05, 4.69) is 72.8 Å². The Morgan fingerprint density at radius 1 is 0.469 bits per heavy atom. The lowest BCUT2D eigenvalue weighted by molar-refractivity contribution is 1.42. The van der Waals surface area contributed by atoms with Crippen LogP contribution in [0, 0.1) is 0 Å². The SMILES string of the molecule is c1cnc2c(c1)ccc1c3ccccc3c3c(c12)-c1cccc2c1c-3cc1ncccc12. The maximum Gasteiger partial charge on any atom is 0.0786 e. The van der Waals surface area contributed by atoms with Crippen LogP contribution in [0.1, 0.15) is 0 Å². The average Bonchev–Trinajstić information content (AvgIpc) is 3.19. The van der Waals surface area contributed by atoms with Gasteiger partial charge in [0.15, 0.2) is 0 Å². The fourth-order valence-electron chi connectivity index (χ4n) is 5.81. The molecule has 2 aromatic heterocycles. The van der Waals surface area contributed by atoms with Crippen molar-refractivity contribution < 1.29 is 0 Å². The molecule has 0 N–H and O–H groups in total. The van der Waals surface area contributed by atoms with Crippen LogP contribution in [0.2, 0.25) is 0 Å². The number of pyridine rings is 2. The third-order valence-corrected chi connectivity index (χ3v) is 7.04. The van der Waals surface area contributed by atoms with E-state index >= 15 is 0 Å². The summed E-state index contributed by atoms with van der Waals surface area (Å²) in [6, 6.07) is 30.6. The van der Waals surface area contributed by atoms with Crippen molar-refractivity contribution in [3.05, 3.63) is 97.3 Å². The van der Waals surface area contributed by atoms with Gasteiger partial charge in [0.25, 0.3) is 0 Å². The molecule has 0 aliphatic heterocycles. The maximum atomic E-state index is 4.86. The highest BCUT2D eigenvalue weighted by molar-refractivity contribution is 6.35. The maximum absolute atomic E-state index is 4.86. The molecule has 2 nitrogen and oxygen atoms in total. The van der Waals surface area contributed by atoms with Crippen molar-refractivity contribution in [3.63, 3.8) is 0 Å². The Kier molecular flexibility index (Phi) is 2.91. The minimum Gasteiger partial charge on any atom is -0.256 e. The standard InChI is InChI=1S/C30H16N2/c1-2-8-20-18(7-1)22-13-12-17-6-4-15-32-30(17)29(22)28-23-10-3-9-21-19-11-5-14-31-25(19)16-24(26(21)23)27(20)28/h1-16H. The Hall–Kier alpha value is -4.30. The van der Waals surface area contributed by atoms with Crippen LogP contribution in [0.4, 0.5) is 0 Å². The number of hydrogen-bond acceptors (Lipinski definition) is 2. The molecule has 0 fully saturated rings. The molecule has 2 heterocycles. The topological polar surface area (TPSA) is 25.8 Å². The molecule has 0 spiro atoms. The van der Waals surface area contributed by atoms with Crippen LogP contribution in [0.25, 0.3) is 76.4 Å². The second-order valence-corrected chi connectivity index (χ2v) is 8.58. The molecule has 7 aromatic rings. The number of benzene rings is 5. The summed E-state index contributed by atoms with van der Waals surface area (Å²) in [6.07, 6.45) is 3.79. The van der Waals surface area contributed by atoms with Gasteiger partial charge in [0, 0.05) is 34.1 Å². The van der Waals surface area contributed by atoms with Gasteiger partial charge in [0.1, 0.15) is 0 Å². The monoisotopic (exact) mass is 404 g/mol. The van der Waals surface area contributed by atoms with E-state index < -0.39 is 0 Å². The van der Waals surface area contributed by atoms with Crippen LogP contribution in [-0.2, 0) is 0 Å². The molecular formula is C30H16N2. The van der Waals surface area contributed by atoms with Gasteiger partial charge in [-0.25, -0.2) is 0 Å². The largest absolute Gasteiger partial charge is 0.256 e. The quantitative estimate of drug-likeness (QED) is 0.240. The molecule has 0 saturated heterocycles. The fraction of sp³-hybridized carbons (Fsp3) is 0. The molecule has 0 bridgehead atoms. The van der Waals surface area contributed by atoms with Crippen LogP contribution in [0.5, 0.6) is 0 Å². The number of fused-ring (bicyclic) bond motifs is 12. The van der Waals surface area contributed by atoms with E-state index in [0.717, 1.165) is 11.0 Å². The first kappa shape index (κ1) is 16.4. The Morgan fingerprint density at radius 3 is 2.22 bits per heavy atom. The summed E-state index contributed by atoms with van der Waals surface area (Å²) in [5.41, 5.74) is 7.30. The van der Waals surface area contributed by atoms with Crippen molar-refractivity contribution in [3.8, 4) is 22.3 Å². The van der Waals surface area contributed by atoms with Crippen LogP contribution >= 0.6 is 0 Å². The molecule has 1 aliphatic rings. The molecule has 8 rings (SSSR count). The Balaban J connectivity index is 1.74. The summed E-state index contributed by atoms with van der Waals surface area (Å²) >= 11 is 0. The minimum atomic E-state index is 1.04. The first-order valence-corrected chi connectivity index (χ1v) is 10.9. The third kappa shape index (κ3) is 1.86. The van der Waals surface area contributed by atoms with E-state index in [0.29, 0.717) is 0 Å². The lowest BCUT2D eigenvalue weighted by Gasteiger charge is -2.14.